The van der Waals surface area contributed by atoms with Gasteiger partial charge in [0.15, 0.2) is 0 Å². The molecule has 0 heterocycles. The van der Waals surface area contributed by atoms with Crippen LogP contribution in [0.2, 0.25) is 5.02 Å². The lowest BCUT2D eigenvalue weighted by Crippen LogP contribution is -2.37. The summed E-state index contributed by atoms with van der Waals surface area (Å²) < 4.78 is 0. The Hall–Kier alpha value is -1.06. The number of halogens is 1. The largest absolute Gasteiger partial charge is 0.356 e. The van der Waals surface area contributed by atoms with Crippen LogP contribution in [0.3, 0.4) is 0 Å². The summed E-state index contributed by atoms with van der Waals surface area (Å²) in [5.74, 6) is 0.476. The van der Waals surface area contributed by atoms with Crippen molar-refractivity contribution in [1.29, 1.82) is 0 Å². The minimum atomic E-state index is 0.120. The molecule has 3 nitrogen and oxygen atoms in total. The minimum Gasteiger partial charge on any atom is -0.356 e. The molecule has 0 bridgehead atoms. The molecule has 1 aromatic rings. The van der Waals surface area contributed by atoms with E-state index in [1.165, 1.54) is 12.8 Å². The van der Waals surface area contributed by atoms with Gasteiger partial charge in [-0.2, -0.15) is 0 Å². The molecule has 2 rings (SSSR count). The van der Waals surface area contributed by atoms with E-state index in [1.807, 2.05) is 24.3 Å². The monoisotopic (exact) mass is 294 g/mol. The van der Waals surface area contributed by atoms with Crippen molar-refractivity contribution in [2.24, 2.45) is 11.7 Å². The van der Waals surface area contributed by atoms with Crippen LogP contribution in [-0.2, 0) is 11.2 Å². The first-order valence-electron chi connectivity index (χ1n) is 7.42. The zero-order chi connectivity index (χ0) is 14.4. The second kappa shape index (κ2) is 7.65. The first-order valence-corrected chi connectivity index (χ1v) is 7.79. The summed E-state index contributed by atoms with van der Waals surface area (Å²) in [6.45, 7) is 0.654. The van der Waals surface area contributed by atoms with Gasteiger partial charge in [0.2, 0.25) is 5.91 Å². The van der Waals surface area contributed by atoms with Gasteiger partial charge < -0.3 is 11.1 Å². The zero-order valence-corrected chi connectivity index (χ0v) is 12.5. The quantitative estimate of drug-likeness (QED) is 0.877. The number of benzene rings is 1. The molecule has 1 saturated carbocycles. The number of hydrogen-bond acceptors (Lipinski definition) is 2. The molecule has 20 heavy (non-hydrogen) atoms. The molecule has 3 N–H and O–H groups in total. The molecule has 0 spiro atoms. The summed E-state index contributed by atoms with van der Waals surface area (Å²) in [5, 5.41) is 3.72. The smallest absolute Gasteiger partial charge is 0.220 e. The van der Waals surface area contributed by atoms with Crippen LogP contribution in [0.15, 0.2) is 24.3 Å². The topological polar surface area (TPSA) is 55.1 Å². The molecule has 1 fully saturated rings. The van der Waals surface area contributed by atoms with E-state index in [-0.39, 0.29) is 11.9 Å². The van der Waals surface area contributed by atoms with Crippen molar-refractivity contribution in [1.82, 2.24) is 5.32 Å². The fourth-order valence-corrected chi connectivity index (χ4v) is 3.05. The molecule has 1 aliphatic carbocycles. The number of rotatable bonds is 5. The van der Waals surface area contributed by atoms with Gasteiger partial charge in [-0.15, -0.1) is 0 Å². The highest BCUT2D eigenvalue weighted by molar-refractivity contribution is 6.30. The number of amides is 1. The lowest BCUT2D eigenvalue weighted by Gasteiger charge is -2.27. The van der Waals surface area contributed by atoms with Crippen molar-refractivity contribution in [2.75, 3.05) is 6.54 Å². The first kappa shape index (κ1) is 15.3. The van der Waals surface area contributed by atoms with Gasteiger partial charge in [-0.3, -0.25) is 4.79 Å². The predicted molar refractivity (Wildman–Crippen MR) is 82.7 cm³/mol. The Morgan fingerprint density at radius 2 is 2.15 bits per heavy atom. The van der Waals surface area contributed by atoms with Gasteiger partial charge in [0.05, 0.1) is 0 Å². The third-order valence-electron chi connectivity index (χ3n) is 4.04. The van der Waals surface area contributed by atoms with E-state index < -0.39 is 0 Å². The Bertz CT molecular complexity index is 450. The van der Waals surface area contributed by atoms with Crippen molar-refractivity contribution in [2.45, 2.75) is 44.6 Å². The van der Waals surface area contributed by atoms with Crippen molar-refractivity contribution < 1.29 is 4.79 Å². The van der Waals surface area contributed by atoms with Crippen molar-refractivity contribution in [3.63, 3.8) is 0 Å². The Morgan fingerprint density at radius 1 is 1.35 bits per heavy atom. The summed E-state index contributed by atoms with van der Waals surface area (Å²) in [4.78, 5) is 11.9. The van der Waals surface area contributed by atoms with E-state index in [0.717, 1.165) is 29.8 Å². The van der Waals surface area contributed by atoms with E-state index in [1.54, 1.807) is 0 Å². The molecule has 2 unspecified atom stereocenters. The summed E-state index contributed by atoms with van der Waals surface area (Å²) in [5.41, 5.74) is 7.21. The fraction of sp³-hybridized carbons (Fsp3) is 0.562. The van der Waals surface area contributed by atoms with Crippen molar-refractivity contribution >= 4 is 17.5 Å². The molecule has 0 aliphatic heterocycles. The van der Waals surface area contributed by atoms with Crippen LogP contribution in [0.4, 0.5) is 0 Å². The molecule has 0 radical (unpaired) electrons. The average Bonchev–Trinajstić information content (AvgIpc) is 2.41. The van der Waals surface area contributed by atoms with Crippen LogP contribution in [-0.4, -0.2) is 18.5 Å². The van der Waals surface area contributed by atoms with Crippen molar-refractivity contribution in [3.05, 3.63) is 34.9 Å². The minimum absolute atomic E-state index is 0.120. The molecular weight excluding hydrogens is 272 g/mol. The molecular formula is C16H23ClN2O. The maximum atomic E-state index is 11.9. The number of carbonyl (C=O) groups excluding carboxylic acids is 1. The van der Waals surface area contributed by atoms with Crippen LogP contribution >= 0.6 is 11.6 Å². The van der Waals surface area contributed by atoms with Crippen LogP contribution < -0.4 is 11.1 Å². The van der Waals surface area contributed by atoms with E-state index in [4.69, 9.17) is 17.3 Å². The third-order valence-corrected chi connectivity index (χ3v) is 4.28. The molecule has 110 valence electrons. The van der Waals surface area contributed by atoms with Crippen LogP contribution in [0.1, 0.15) is 37.7 Å². The van der Waals surface area contributed by atoms with E-state index in [0.29, 0.717) is 18.9 Å². The van der Waals surface area contributed by atoms with Gasteiger partial charge in [0.1, 0.15) is 0 Å². The average molecular weight is 295 g/mol. The molecule has 1 aliphatic rings. The standard InChI is InChI=1S/C16H23ClN2O/c17-14-6-3-4-12(10-14)8-9-19-16(20)11-13-5-1-2-7-15(13)18/h3-4,6,10,13,15H,1-2,5,7-9,11,18H2,(H,19,20). The summed E-state index contributed by atoms with van der Waals surface area (Å²) >= 11 is 5.93. The van der Waals surface area contributed by atoms with E-state index in [2.05, 4.69) is 5.32 Å². The third kappa shape index (κ3) is 4.80. The normalized spacial score (nSPS) is 22.5. The van der Waals surface area contributed by atoms with Gasteiger partial charge in [0, 0.05) is 24.0 Å². The maximum absolute atomic E-state index is 11.9. The van der Waals surface area contributed by atoms with Gasteiger partial charge in [-0.05, 0) is 42.9 Å². The lowest BCUT2D eigenvalue weighted by atomic mass is 9.83. The Balaban J connectivity index is 1.70. The van der Waals surface area contributed by atoms with E-state index >= 15 is 0 Å². The number of nitrogens with two attached hydrogens (primary N) is 1. The second-order valence-corrected chi connectivity index (χ2v) is 6.08. The zero-order valence-electron chi connectivity index (χ0n) is 11.8. The Labute approximate surface area is 125 Å². The van der Waals surface area contributed by atoms with Gasteiger partial charge in [-0.1, -0.05) is 36.6 Å². The second-order valence-electron chi connectivity index (χ2n) is 5.64. The van der Waals surface area contributed by atoms with Crippen LogP contribution in [0.5, 0.6) is 0 Å². The number of carbonyl (C=O) groups is 1. The van der Waals surface area contributed by atoms with Crippen molar-refractivity contribution in [3.8, 4) is 0 Å². The van der Waals surface area contributed by atoms with Gasteiger partial charge in [-0.25, -0.2) is 0 Å². The van der Waals surface area contributed by atoms with E-state index in [9.17, 15) is 4.79 Å². The molecule has 4 heteroatoms. The maximum Gasteiger partial charge on any atom is 0.220 e. The van der Waals surface area contributed by atoms with Gasteiger partial charge >= 0.3 is 0 Å². The summed E-state index contributed by atoms with van der Waals surface area (Å²) in [6.07, 6.45) is 5.92. The van der Waals surface area contributed by atoms with Crippen LogP contribution in [0.25, 0.3) is 0 Å². The molecule has 0 saturated heterocycles. The number of nitrogens with one attached hydrogen (secondary N) is 1. The van der Waals surface area contributed by atoms with Gasteiger partial charge in [0.25, 0.3) is 0 Å². The predicted octanol–water partition coefficient (Wildman–Crippen LogP) is 2.91. The highest BCUT2D eigenvalue weighted by atomic mass is 35.5. The summed E-state index contributed by atoms with van der Waals surface area (Å²) in [7, 11) is 0. The SMILES string of the molecule is NC1CCCCC1CC(=O)NCCc1cccc(Cl)c1. The summed E-state index contributed by atoms with van der Waals surface area (Å²) in [6, 6.07) is 7.94. The highest BCUT2D eigenvalue weighted by Gasteiger charge is 2.23. The first-order chi connectivity index (χ1) is 9.65. The Kier molecular flexibility index (Phi) is 5.86. The van der Waals surface area contributed by atoms with Crippen LogP contribution in [0, 0.1) is 5.92 Å². The number of hydrogen-bond donors (Lipinski definition) is 2. The molecule has 2 atom stereocenters. The lowest BCUT2D eigenvalue weighted by molar-refractivity contribution is -0.122. The highest BCUT2D eigenvalue weighted by Crippen LogP contribution is 2.25. The molecule has 0 aromatic heterocycles. The molecule has 1 amide bonds. The Morgan fingerprint density at radius 3 is 2.90 bits per heavy atom. The fourth-order valence-electron chi connectivity index (χ4n) is 2.84. The molecule has 1 aromatic carbocycles.